The van der Waals surface area contributed by atoms with Crippen molar-refractivity contribution in [1.29, 1.82) is 0 Å². The number of hydrogen-bond donors (Lipinski definition) is 1. The zero-order valence-corrected chi connectivity index (χ0v) is 14.4. The van der Waals surface area contributed by atoms with Crippen molar-refractivity contribution in [3.8, 4) is 0 Å². The number of fused-ring (bicyclic) bond motifs is 3. The molecule has 1 aromatic heterocycles. The summed E-state index contributed by atoms with van der Waals surface area (Å²) in [5.74, 6) is -0.398. The van der Waals surface area contributed by atoms with E-state index in [2.05, 4.69) is 5.32 Å². The number of thioether (sulfide) groups is 1. The third-order valence-corrected chi connectivity index (χ3v) is 6.05. The number of nitrogens with one attached hydrogen (secondary N) is 1. The number of ether oxygens (including phenoxy) is 1. The van der Waals surface area contributed by atoms with Crippen LogP contribution in [0, 0.1) is 0 Å². The third kappa shape index (κ3) is 2.72. The van der Waals surface area contributed by atoms with Crippen LogP contribution in [0.15, 0.2) is 0 Å². The number of rotatable bonds is 4. The molecule has 1 amide bonds. The highest BCUT2D eigenvalue weighted by molar-refractivity contribution is 7.99. The van der Waals surface area contributed by atoms with E-state index in [1.165, 1.54) is 28.6 Å². The number of amides is 1. The predicted molar refractivity (Wildman–Crippen MR) is 89.6 cm³/mol. The second-order valence-electron chi connectivity index (χ2n) is 5.39. The SMILES string of the molecule is CCOC(=O)CN1C(=O)c2c(sc3c2CCCC3)NC1SC. The number of aryl methyl sites for hydroxylation is 1. The van der Waals surface area contributed by atoms with E-state index in [0.29, 0.717) is 6.61 Å². The highest BCUT2D eigenvalue weighted by Gasteiger charge is 2.37. The summed E-state index contributed by atoms with van der Waals surface area (Å²) in [5.41, 5.74) is 1.76. The van der Waals surface area contributed by atoms with Crippen LogP contribution in [-0.4, -0.2) is 41.7 Å². The summed E-state index contributed by atoms with van der Waals surface area (Å²) >= 11 is 3.22. The molecule has 7 heteroatoms. The molecule has 1 aliphatic heterocycles. The molecule has 120 valence electrons. The molecule has 2 aliphatic rings. The van der Waals surface area contributed by atoms with E-state index < -0.39 is 0 Å². The van der Waals surface area contributed by atoms with Gasteiger partial charge in [0.1, 0.15) is 11.5 Å². The maximum Gasteiger partial charge on any atom is 0.325 e. The lowest BCUT2D eigenvalue weighted by Crippen LogP contribution is -2.49. The van der Waals surface area contributed by atoms with Crippen molar-refractivity contribution in [3.05, 3.63) is 16.0 Å². The topological polar surface area (TPSA) is 58.6 Å². The highest BCUT2D eigenvalue weighted by Crippen LogP contribution is 2.42. The summed E-state index contributed by atoms with van der Waals surface area (Å²) in [6.45, 7) is 2.10. The first-order valence-electron chi connectivity index (χ1n) is 7.56. The minimum Gasteiger partial charge on any atom is -0.465 e. The third-order valence-electron chi connectivity index (χ3n) is 4.01. The minimum absolute atomic E-state index is 0.00472. The van der Waals surface area contributed by atoms with Crippen molar-refractivity contribution < 1.29 is 14.3 Å². The van der Waals surface area contributed by atoms with Gasteiger partial charge in [0, 0.05) is 4.88 Å². The molecule has 0 saturated heterocycles. The Morgan fingerprint density at radius 3 is 2.95 bits per heavy atom. The molecule has 0 radical (unpaired) electrons. The maximum atomic E-state index is 12.9. The summed E-state index contributed by atoms with van der Waals surface area (Å²) in [7, 11) is 0. The molecule has 0 aromatic carbocycles. The van der Waals surface area contributed by atoms with Crippen molar-refractivity contribution >= 4 is 40.0 Å². The predicted octanol–water partition coefficient (Wildman–Crippen LogP) is 2.70. The fourth-order valence-corrected chi connectivity index (χ4v) is 5.06. The van der Waals surface area contributed by atoms with Crippen molar-refractivity contribution in [2.75, 3.05) is 24.7 Å². The fourth-order valence-electron chi connectivity index (χ4n) is 3.02. The molecule has 0 saturated carbocycles. The Kier molecular flexibility index (Phi) is 4.63. The van der Waals surface area contributed by atoms with Crippen LogP contribution in [0.1, 0.15) is 40.6 Å². The quantitative estimate of drug-likeness (QED) is 0.854. The van der Waals surface area contributed by atoms with Gasteiger partial charge in [-0.2, -0.15) is 0 Å². The summed E-state index contributed by atoms with van der Waals surface area (Å²) < 4.78 is 5.00. The minimum atomic E-state index is -0.357. The molecule has 0 fully saturated rings. The van der Waals surface area contributed by atoms with E-state index in [1.807, 2.05) is 6.26 Å². The van der Waals surface area contributed by atoms with Crippen LogP contribution in [0.25, 0.3) is 0 Å². The van der Waals surface area contributed by atoms with Crippen LogP contribution >= 0.6 is 23.1 Å². The molecule has 3 rings (SSSR count). The van der Waals surface area contributed by atoms with Gasteiger partial charge in [-0.15, -0.1) is 23.1 Å². The Bertz CT molecular complexity index is 600. The molecule has 0 bridgehead atoms. The molecule has 1 unspecified atom stereocenters. The molecular formula is C15H20N2O3S2. The Balaban J connectivity index is 1.91. The van der Waals surface area contributed by atoms with Gasteiger partial charge in [0.25, 0.3) is 5.91 Å². The molecule has 22 heavy (non-hydrogen) atoms. The monoisotopic (exact) mass is 340 g/mol. The number of nitrogens with zero attached hydrogens (tertiary/aromatic N) is 1. The van der Waals surface area contributed by atoms with Crippen LogP contribution < -0.4 is 5.32 Å². The number of esters is 1. The number of thiophene rings is 1. The van der Waals surface area contributed by atoms with Gasteiger partial charge in [-0.1, -0.05) is 0 Å². The summed E-state index contributed by atoms with van der Waals surface area (Å²) in [4.78, 5) is 27.7. The van der Waals surface area contributed by atoms with Crippen molar-refractivity contribution in [1.82, 2.24) is 4.90 Å². The molecule has 1 aromatic rings. The lowest BCUT2D eigenvalue weighted by molar-refractivity contribution is -0.143. The van der Waals surface area contributed by atoms with Gasteiger partial charge in [0.15, 0.2) is 5.50 Å². The van der Waals surface area contributed by atoms with Crippen LogP contribution in [-0.2, 0) is 22.4 Å². The summed E-state index contributed by atoms with van der Waals surface area (Å²) in [6.07, 6.45) is 6.28. The van der Waals surface area contributed by atoms with Crippen LogP contribution in [0.4, 0.5) is 5.00 Å². The Morgan fingerprint density at radius 2 is 2.23 bits per heavy atom. The van der Waals surface area contributed by atoms with Crippen molar-refractivity contribution in [3.63, 3.8) is 0 Å². The fraction of sp³-hybridized carbons (Fsp3) is 0.600. The van der Waals surface area contributed by atoms with E-state index in [0.717, 1.165) is 29.8 Å². The van der Waals surface area contributed by atoms with E-state index in [1.54, 1.807) is 23.2 Å². The zero-order chi connectivity index (χ0) is 15.7. The van der Waals surface area contributed by atoms with Gasteiger partial charge in [-0.3, -0.25) is 14.5 Å². The summed E-state index contributed by atoms with van der Waals surface area (Å²) in [6, 6.07) is 0. The smallest absolute Gasteiger partial charge is 0.325 e. The van der Waals surface area contributed by atoms with Crippen molar-refractivity contribution in [2.45, 2.75) is 38.1 Å². The molecular weight excluding hydrogens is 320 g/mol. The largest absolute Gasteiger partial charge is 0.465 e. The van der Waals surface area contributed by atoms with E-state index >= 15 is 0 Å². The Labute approximate surface area is 138 Å². The van der Waals surface area contributed by atoms with Gasteiger partial charge in [0.05, 0.1) is 12.2 Å². The van der Waals surface area contributed by atoms with E-state index in [9.17, 15) is 9.59 Å². The first kappa shape index (κ1) is 15.7. The van der Waals surface area contributed by atoms with Gasteiger partial charge in [0.2, 0.25) is 0 Å². The second kappa shape index (κ2) is 6.50. The first-order chi connectivity index (χ1) is 10.7. The molecule has 1 N–H and O–H groups in total. The van der Waals surface area contributed by atoms with Gasteiger partial charge < -0.3 is 10.1 Å². The average Bonchev–Trinajstić information content (AvgIpc) is 2.88. The molecule has 1 aliphatic carbocycles. The number of carbonyl (C=O) groups is 2. The van der Waals surface area contributed by atoms with E-state index in [4.69, 9.17) is 4.74 Å². The number of carbonyl (C=O) groups excluding carboxylic acids is 2. The highest BCUT2D eigenvalue weighted by atomic mass is 32.2. The van der Waals surface area contributed by atoms with Gasteiger partial charge in [-0.25, -0.2) is 0 Å². The average molecular weight is 340 g/mol. The molecule has 2 heterocycles. The maximum absolute atomic E-state index is 12.9. The Morgan fingerprint density at radius 1 is 1.45 bits per heavy atom. The van der Waals surface area contributed by atoms with Gasteiger partial charge in [-0.05, 0) is 44.4 Å². The molecule has 5 nitrogen and oxygen atoms in total. The zero-order valence-electron chi connectivity index (χ0n) is 12.8. The van der Waals surface area contributed by atoms with Crippen LogP contribution in [0.3, 0.4) is 0 Å². The Hall–Kier alpha value is -1.21. The second-order valence-corrected chi connectivity index (χ2v) is 7.41. The summed E-state index contributed by atoms with van der Waals surface area (Å²) in [5, 5.41) is 4.38. The number of hydrogen-bond acceptors (Lipinski definition) is 6. The standard InChI is InChI=1S/C15H20N2O3S2/c1-3-20-11(18)8-17-14(19)12-9-6-4-5-7-10(9)22-13(12)16-15(17)21-2/h15-16H,3-8H2,1-2H3. The normalized spacial score (nSPS) is 20.2. The molecule has 0 spiro atoms. The first-order valence-corrected chi connectivity index (χ1v) is 9.66. The number of anilines is 1. The van der Waals surface area contributed by atoms with E-state index in [-0.39, 0.29) is 23.9 Å². The van der Waals surface area contributed by atoms with Gasteiger partial charge >= 0.3 is 5.97 Å². The lowest BCUT2D eigenvalue weighted by atomic mass is 9.94. The van der Waals surface area contributed by atoms with Crippen LogP contribution in [0.2, 0.25) is 0 Å². The molecule has 1 atom stereocenters. The van der Waals surface area contributed by atoms with Crippen molar-refractivity contribution in [2.24, 2.45) is 0 Å². The lowest BCUT2D eigenvalue weighted by Gasteiger charge is -2.35. The van der Waals surface area contributed by atoms with Crippen LogP contribution in [0.5, 0.6) is 0 Å².